The number of anilines is 1. The van der Waals surface area contributed by atoms with Crippen LogP contribution in [0.1, 0.15) is 20.7 Å². The van der Waals surface area contributed by atoms with E-state index in [4.69, 9.17) is 5.73 Å². The molecule has 16 nitrogen and oxygen atoms in total. The van der Waals surface area contributed by atoms with Crippen molar-refractivity contribution in [2.24, 2.45) is 30.7 Å². The number of phenols is 2. The van der Waals surface area contributed by atoms with Gasteiger partial charge < -0.3 is 26.2 Å². The summed E-state index contributed by atoms with van der Waals surface area (Å²) < 4.78 is 34.6. The molecule has 254 valence electrons. The third-order valence-corrected chi connectivity index (χ3v) is 8.44. The zero-order chi connectivity index (χ0) is 36.4. The number of hydrogen-bond donors (Lipinski definition) is 6. The number of fused-ring (bicyclic) bond motifs is 2. The maximum absolute atomic E-state index is 12.3. The smallest absolute Gasteiger partial charge is 0.337 e. The number of aromatic carboxylic acids is 2. The van der Waals surface area contributed by atoms with Gasteiger partial charge in [0.05, 0.1) is 27.9 Å². The summed E-state index contributed by atoms with van der Waals surface area (Å²) in [5.41, 5.74) is 5.60. The number of carbonyl (C=O) groups is 2. The lowest BCUT2D eigenvalue weighted by Gasteiger charge is -2.12. The predicted octanol–water partition coefficient (Wildman–Crippen LogP) is 8.88. The summed E-state index contributed by atoms with van der Waals surface area (Å²) in [5.74, 6) is -3.36. The standard InChI is InChI=1S/C34H23N7O9S/c35-30-27(41-38-24-8-4-2-6-20(24)34(46)47)16-28(51(48,49)50)21-12-14-26(32(43)29(21)30)39-36-18-11-9-17-10-13-25(31(42)22(17)15-18)40-37-23-7-3-1-5-19(23)33(44)45/h1-16,42-43H,35H2,(H,44,45)(H,46,47)(H,48,49,50)/b39-36+,40-37+,41-38+. The van der Waals surface area contributed by atoms with Crippen molar-refractivity contribution >= 4 is 83.4 Å². The Morgan fingerprint density at radius 3 is 1.69 bits per heavy atom. The van der Waals surface area contributed by atoms with Gasteiger partial charge in [-0.25, -0.2) is 9.59 Å². The van der Waals surface area contributed by atoms with Gasteiger partial charge in [-0.3, -0.25) is 4.55 Å². The Morgan fingerprint density at radius 2 is 1.08 bits per heavy atom. The van der Waals surface area contributed by atoms with Gasteiger partial charge in [-0.1, -0.05) is 42.5 Å². The van der Waals surface area contributed by atoms with Crippen LogP contribution in [0.4, 0.5) is 39.8 Å². The second-order valence-corrected chi connectivity index (χ2v) is 12.1. The molecule has 6 aromatic carbocycles. The molecule has 0 amide bonds. The van der Waals surface area contributed by atoms with E-state index in [9.17, 15) is 43.0 Å². The first-order valence-electron chi connectivity index (χ1n) is 14.5. The van der Waals surface area contributed by atoms with Gasteiger partial charge in [-0.15, -0.1) is 25.6 Å². The lowest BCUT2D eigenvalue weighted by molar-refractivity contribution is 0.0687. The molecule has 6 aromatic rings. The van der Waals surface area contributed by atoms with Crippen molar-refractivity contribution in [3.8, 4) is 11.5 Å². The van der Waals surface area contributed by atoms with Crippen LogP contribution < -0.4 is 5.73 Å². The molecule has 0 saturated carbocycles. The summed E-state index contributed by atoms with van der Waals surface area (Å²) >= 11 is 0. The highest BCUT2D eigenvalue weighted by molar-refractivity contribution is 7.86. The van der Waals surface area contributed by atoms with Crippen molar-refractivity contribution in [2.45, 2.75) is 4.90 Å². The molecule has 0 aliphatic heterocycles. The third-order valence-electron chi connectivity index (χ3n) is 7.54. The fourth-order valence-corrected chi connectivity index (χ4v) is 5.78. The maximum Gasteiger partial charge on any atom is 0.337 e. The predicted molar refractivity (Wildman–Crippen MR) is 185 cm³/mol. The SMILES string of the molecule is Nc1c(/N=N/c2ccccc2C(=O)O)cc(S(=O)(=O)O)c2ccc(/N=N/c3ccc4ccc(/N=N/c5ccccc5C(=O)O)c(O)c4c3)c(O)c12. The van der Waals surface area contributed by atoms with Crippen molar-refractivity contribution in [3.63, 3.8) is 0 Å². The first kappa shape index (κ1) is 33.8. The highest BCUT2D eigenvalue weighted by Crippen LogP contribution is 2.46. The van der Waals surface area contributed by atoms with E-state index in [0.717, 1.165) is 6.07 Å². The molecule has 7 N–H and O–H groups in total. The summed E-state index contributed by atoms with van der Waals surface area (Å²) in [6, 6.07) is 22.9. The van der Waals surface area contributed by atoms with E-state index >= 15 is 0 Å². The fraction of sp³-hybridized carbons (Fsp3) is 0. The Labute approximate surface area is 287 Å². The van der Waals surface area contributed by atoms with Gasteiger partial charge in [-0.2, -0.15) is 13.5 Å². The van der Waals surface area contributed by atoms with E-state index < -0.39 is 32.7 Å². The molecule has 0 radical (unpaired) electrons. The molecule has 0 aliphatic rings. The molecule has 0 spiro atoms. The molecule has 0 heterocycles. The number of benzene rings is 6. The molecule has 0 aliphatic carbocycles. The van der Waals surface area contributed by atoms with Crippen LogP contribution in [0, 0.1) is 0 Å². The molecular formula is C34H23N7O9S. The van der Waals surface area contributed by atoms with Crippen LogP contribution in [0.2, 0.25) is 0 Å². The maximum atomic E-state index is 12.3. The minimum Gasteiger partial charge on any atom is -0.505 e. The topological polar surface area (TPSA) is 270 Å². The van der Waals surface area contributed by atoms with Crippen LogP contribution in [0.5, 0.6) is 11.5 Å². The molecular weight excluding hydrogens is 682 g/mol. The van der Waals surface area contributed by atoms with Crippen LogP contribution in [-0.2, 0) is 10.1 Å². The van der Waals surface area contributed by atoms with Gasteiger partial charge in [-0.05, 0) is 60.0 Å². The van der Waals surface area contributed by atoms with Crippen molar-refractivity contribution < 1.29 is 43.0 Å². The van der Waals surface area contributed by atoms with Crippen LogP contribution in [0.3, 0.4) is 0 Å². The van der Waals surface area contributed by atoms with E-state index in [2.05, 4.69) is 30.7 Å². The van der Waals surface area contributed by atoms with Gasteiger partial charge in [0.1, 0.15) is 33.3 Å². The van der Waals surface area contributed by atoms with Crippen molar-refractivity contribution in [2.75, 3.05) is 5.73 Å². The average Bonchev–Trinajstić information content (AvgIpc) is 3.10. The monoisotopic (exact) mass is 705 g/mol. The van der Waals surface area contributed by atoms with Crippen LogP contribution in [-0.4, -0.2) is 45.3 Å². The Hall–Kier alpha value is -7.11. The van der Waals surface area contributed by atoms with Gasteiger partial charge in [0.15, 0.2) is 11.5 Å². The first-order chi connectivity index (χ1) is 24.3. The zero-order valence-corrected chi connectivity index (χ0v) is 26.6. The van der Waals surface area contributed by atoms with E-state index in [-0.39, 0.29) is 67.5 Å². The van der Waals surface area contributed by atoms with Gasteiger partial charge in [0, 0.05) is 10.8 Å². The molecule has 0 saturated heterocycles. The lowest BCUT2D eigenvalue weighted by Crippen LogP contribution is -2.01. The Bertz CT molecular complexity index is 2620. The van der Waals surface area contributed by atoms with Crippen molar-refractivity contribution in [1.29, 1.82) is 0 Å². The second kappa shape index (κ2) is 13.4. The minimum absolute atomic E-state index is 0.0495. The molecule has 0 bridgehead atoms. The lowest BCUT2D eigenvalue weighted by atomic mass is 10.1. The molecule has 51 heavy (non-hydrogen) atoms. The van der Waals surface area contributed by atoms with E-state index in [1.807, 2.05) is 0 Å². The number of aromatic hydroxyl groups is 2. The Morgan fingerprint density at radius 1 is 0.569 bits per heavy atom. The average molecular weight is 706 g/mol. The number of nitrogen functional groups attached to an aromatic ring is 1. The minimum atomic E-state index is -4.89. The quantitative estimate of drug-likeness (QED) is 0.0472. The van der Waals surface area contributed by atoms with Gasteiger partial charge in [0.2, 0.25) is 0 Å². The number of nitrogens with two attached hydrogens (primary N) is 1. The number of nitrogens with zero attached hydrogens (tertiary/aromatic N) is 6. The summed E-state index contributed by atoms with van der Waals surface area (Å²) in [6.45, 7) is 0. The number of azo groups is 3. The summed E-state index contributed by atoms with van der Waals surface area (Å²) in [6.07, 6.45) is 0. The van der Waals surface area contributed by atoms with Crippen molar-refractivity contribution in [3.05, 3.63) is 108 Å². The third kappa shape index (κ3) is 6.77. The molecule has 17 heteroatoms. The highest BCUT2D eigenvalue weighted by Gasteiger charge is 2.23. The summed E-state index contributed by atoms with van der Waals surface area (Å²) in [4.78, 5) is 22.4. The van der Waals surface area contributed by atoms with Crippen LogP contribution in [0.25, 0.3) is 21.5 Å². The second-order valence-electron chi connectivity index (χ2n) is 10.7. The van der Waals surface area contributed by atoms with E-state index in [0.29, 0.717) is 10.8 Å². The highest BCUT2D eigenvalue weighted by atomic mass is 32.2. The molecule has 0 atom stereocenters. The summed E-state index contributed by atoms with van der Waals surface area (Å²) in [5, 5.41) is 65.6. The normalized spacial score (nSPS) is 12.1. The Kier molecular flexibility index (Phi) is 8.89. The number of hydrogen-bond acceptors (Lipinski definition) is 13. The molecule has 0 unspecified atom stereocenters. The molecule has 0 fully saturated rings. The van der Waals surface area contributed by atoms with Crippen LogP contribution >= 0.6 is 0 Å². The number of carboxylic acid groups (broad SMARTS) is 2. The number of phenolic OH excluding ortho intramolecular Hbond substituents is 2. The van der Waals surface area contributed by atoms with E-state index in [1.54, 1.807) is 30.3 Å². The van der Waals surface area contributed by atoms with Crippen molar-refractivity contribution in [1.82, 2.24) is 0 Å². The van der Waals surface area contributed by atoms with Gasteiger partial charge in [0.25, 0.3) is 10.1 Å². The van der Waals surface area contributed by atoms with Gasteiger partial charge >= 0.3 is 11.9 Å². The number of rotatable bonds is 9. The zero-order valence-electron chi connectivity index (χ0n) is 25.8. The fourth-order valence-electron chi connectivity index (χ4n) is 5.08. The Balaban J connectivity index is 1.39. The first-order valence-corrected chi connectivity index (χ1v) is 16.0. The number of carboxylic acids is 2. The largest absolute Gasteiger partial charge is 0.505 e. The van der Waals surface area contributed by atoms with Crippen LogP contribution in [0.15, 0.2) is 133 Å². The molecule has 0 aromatic heterocycles. The molecule has 6 rings (SSSR count). The summed E-state index contributed by atoms with van der Waals surface area (Å²) in [7, 11) is -4.89. The van der Waals surface area contributed by atoms with E-state index in [1.165, 1.54) is 60.7 Å².